The topological polar surface area (TPSA) is 44.5 Å². The molecule has 0 aromatic heterocycles. The van der Waals surface area contributed by atoms with Crippen LogP contribution in [0, 0.1) is 5.41 Å². The Labute approximate surface area is 108 Å². The van der Waals surface area contributed by atoms with Gasteiger partial charge in [-0.15, -0.1) is 0 Å². The van der Waals surface area contributed by atoms with E-state index in [2.05, 4.69) is 20.8 Å². The van der Waals surface area contributed by atoms with Crippen molar-refractivity contribution in [3.05, 3.63) is 22.7 Å². The summed E-state index contributed by atoms with van der Waals surface area (Å²) >= 11 is 6.31. The van der Waals surface area contributed by atoms with Crippen molar-refractivity contribution in [2.75, 3.05) is 14.2 Å². The normalized spacial score (nSPS) is 13.4. The average molecular weight is 258 g/mol. The molecule has 0 radical (unpaired) electrons. The number of ether oxygens (including phenoxy) is 2. The van der Waals surface area contributed by atoms with Crippen LogP contribution < -0.4 is 15.2 Å². The molecule has 2 N–H and O–H groups in total. The highest BCUT2D eigenvalue weighted by Crippen LogP contribution is 2.42. The highest BCUT2D eigenvalue weighted by atomic mass is 35.5. The first-order chi connectivity index (χ1) is 7.82. The van der Waals surface area contributed by atoms with Crippen LogP contribution in [0.4, 0.5) is 0 Å². The van der Waals surface area contributed by atoms with E-state index in [1.54, 1.807) is 14.2 Å². The van der Waals surface area contributed by atoms with Crippen molar-refractivity contribution < 1.29 is 9.47 Å². The molecule has 1 atom stereocenters. The van der Waals surface area contributed by atoms with Crippen LogP contribution in [-0.4, -0.2) is 14.2 Å². The van der Waals surface area contributed by atoms with Crippen molar-refractivity contribution in [2.24, 2.45) is 11.1 Å². The minimum absolute atomic E-state index is 0.0662. The Morgan fingerprint density at radius 2 is 1.76 bits per heavy atom. The summed E-state index contributed by atoms with van der Waals surface area (Å²) in [5, 5.41) is 0.522. The third-order valence-electron chi connectivity index (χ3n) is 2.78. The molecular formula is C13H20ClNO2. The number of hydrogen-bond acceptors (Lipinski definition) is 3. The van der Waals surface area contributed by atoms with Gasteiger partial charge in [-0.1, -0.05) is 38.4 Å². The number of nitrogens with two attached hydrogens (primary N) is 1. The smallest absolute Gasteiger partial charge is 0.179 e. The standard InChI is InChI=1S/C13H20ClNO2/c1-13(2,3)12(15)8-6-7-9(16-4)11(17-5)10(8)14/h6-7,12H,15H2,1-5H3/t12-/m0/s1. The summed E-state index contributed by atoms with van der Waals surface area (Å²) in [5.74, 6) is 1.15. The average Bonchev–Trinajstić information content (AvgIpc) is 2.26. The Morgan fingerprint density at radius 1 is 1.18 bits per heavy atom. The van der Waals surface area contributed by atoms with Crippen molar-refractivity contribution in [1.29, 1.82) is 0 Å². The van der Waals surface area contributed by atoms with Gasteiger partial charge in [0, 0.05) is 6.04 Å². The van der Waals surface area contributed by atoms with Gasteiger partial charge in [-0.2, -0.15) is 0 Å². The monoisotopic (exact) mass is 257 g/mol. The first-order valence-corrected chi connectivity index (χ1v) is 5.86. The number of hydrogen-bond donors (Lipinski definition) is 1. The van der Waals surface area contributed by atoms with Gasteiger partial charge in [0.15, 0.2) is 11.5 Å². The fourth-order valence-electron chi connectivity index (χ4n) is 1.61. The maximum atomic E-state index is 6.31. The van der Waals surface area contributed by atoms with Gasteiger partial charge in [0.25, 0.3) is 0 Å². The van der Waals surface area contributed by atoms with E-state index in [1.807, 2.05) is 12.1 Å². The van der Waals surface area contributed by atoms with Gasteiger partial charge in [-0.25, -0.2) is 0 Å². The molecule has 1 aromatic rings. The third kappa shape index (κ3) is 2.85. The van der Waals surface area contributed by atoms with Gasteiger partial charge in [0.1, 0.15) is 0 Å². The van der Waals surface area contributed by atoms with Gasteiger partial charge >= 0.3 is 0 Å². The van der Waals surface area contributed by atoms with Crippen LogP contribution >= 0.6 is 11.6 Å². The highest BCUT2D eigenvalue weighted by Gasteiger charge is 2.26. The van der Waals surface area contributed by atoms with Crippen LogP contribution in [0.1, 0.15) is 32.4 Å². The SMILES string of the molecule is COc1ccc([C@H](N)C(C)(C)C)c(Cl)c1OC. The summed E-state index contributed by atoms with van der Waals surface area (Å²) in [6.45, 7) is 6.22. The molecule has 1 aromatic carbocycles. The van der Waals surface area contributed by atoms with Crippen molar-refractivity contribution in [3.63, 3.8) is 0 Å². The quantitative estimate of drug-likeness (QED) is 0.903. The lowest BCUT2D eigenvalue weighted by Crippen LogP contribution is -2.26. The summed E-state index contributed by atoms with van der Waals surface area (Å²) in [6, 6.07) is 3.56. The number of rotatable bonds is 3. The van der Waals surface area contributed by atoms with Gasteiger partial charge in [0.05, 0.1) is 19.2 Å². The molecule has 17 heavy (non-hydrogen) atoms. The van der Waals surface area contributed by atoms with Crippen LogP contribution in [-0.2, 0) is 0 Å². The molecule has 0 amide bonds. The minimum Gasteiger partial charge on any atom is -0.493 e. The lowest BCUT2D eigenvalue weighted by atomic mass is 9.83. The van der Waals surface area contributed by atoms with Crippen LogP contribution in [0.2, 0.25) is 5.02 Å². The fraction of sp³-hybridized carbons (Fsp3) is 0.538. The van der Waals surface area contributed by atoms with E-state index in [9.17, 15) is 0 Å². The van der Waals surface area contributed by atoms with E-state index in [0.717, 1.165) is 5.56 Å². The van der Waals surface area contributed by atoms with Crippen LogP contribution in [0.3, 0.4) is 0 Å². The first-order valence-electron chi connectivity index (χ1n) is 5.49. The molecule has 0 saturated heterocycles. The molecule has 0 heterocycles. The van der Waals surface area contributed by atoms with Crippen molar-refractivity contribution >= 4 is 11.6 Å². The van der Waals surface area contributed by atoms with E-state index < -0.39 is 0 Å². The largest absolute Gasteiger partial charge is 0.493 e. The molecular weight excluding hydrogens is 238 g/mol. The van der Waals surface area contributed by atoms with Gasteiger partial charge < -0.3 is 15.2 Å². The fourth-order valence-corrected chi connectivity index (χ4v) is 1.96. The van der Waals surface area contributed by atoms with E-state index in [-0.39, 0.29) is 11.5 Å². The Hall–Kier alpha value is -0.930. The first kappa shape index (κ1) is 14.1. The summed E-state index contributed by atoms with van der Waals surface area (Å²) in [4.78, 5) is 0. The number of benzene rings is 1. The van der Waals surface area contributed by atoms with E-state index >= 15 is 0 Å². The second-order valence-corrected chi connectivity index (χ2v) is 5.43. The van der Waals surface area contributed by atoms with Crippen LogP contribution in [0.15, 0.2) is 12.1 Å². The van der Waals surface area contributed by atoms with E-state index in [4.69, 9.17) is 26.8 Å². The zero-order valence-corrected chi connectivity index (χ0v) is 11.8. The molecule has 3 nitrogen and oxygen atoms in total. The predicted molar refractivity (Wildman–Crippen MR) is 70.9 cm³/mol. The Balaban J connectivity index is 3.29. The molecule has 0 unspecified atom stereocenters. The van der Waals surface area contributed by atoms with Crippen LogP contribution in [0.25, 0.3) is 0 Å². The predicted octanol–water partition coefficient (Wildman–Crippen LogP) is 3.40. The maximum absolute atomic E-state index is 6.31. The molecule has 0 aliphatic rings. The maximum Gasteiger partial charge on any atom is 0.179 e. The van der Waals surface area contributed by atoms with Crippen molar-refractivity contribution in [3.8, 4) is 11.5 Å². The second kappa shape index (κ2) is 5.15. The lowest BCUT2D eigenvalue weighted by molar-refractivity contribution is 0.322. The molecule has 0 saturated carbocycles. The Bertz CT molecular complexity index is 399. The molecule has 0 aliphatic carbocycles. The lowest BCUT2D eigenvalue weighted by Gasteiger charge is -2.28. The molecule has 0 spiro atoms. The zero-order chi connectivity index (χ0) is 13.2. The highest BCUT2D eigenvalue weighted by molar-refractivity contribution is 6.33. The summed E-state index contributed by atoms with van der Waals surface area (Å²) < 4.78 is 10.4. The number of methoxy groups -OCH3 is 2. The Kier molecular flexibility index (Phi) is 4.28. The van der Waals surface area contributed by atoms with E-state index in [1.165, 1.54) is 0 Å². The Morgan fingerprint density at radius 3 is 2.18 bits per heavy atom. The molecule has 1 rings (SSSR count). The second-order valence-electron chi connectivity index (χ2n) is 5.05. The molecule has 0 fully saturated rings. The van der Waals surface area contributed by atoms with Gasteiger partial charge in [-0.05, 0) is 17.0 Å². The summed E-state index contributed by atoms with van der Waals surface area (Å²) in [6.07, 6.45) is 0. The molecule has 4 heteroatoms. The van der Waals surface area contributed by atoms with Gasteiger partial charge in [-0.3, -0.25) is 0 Å². The summed E-state index contributed by atoms with van der Waals surface area (Å²) in [5.41, 5.74) is 7.01. The van der Waals surface area contributed by atoms with E-state index in [0.29, 0.717) is 16.5 Å². The zero-order valence-electron chi connectivity index (χ0n) is 11.0. The van der Waals surface area contributed by atoms with Crippen LogP contribution in [0.5, 0.6) is 11.5 Å². The van der Waals surface area contributed by atoms with Gasteiger partial charge in [0.2, 0.25) is 0 Å². The molecule has 96 valence electrons. The minimum atomic E-state index is -0.158. The van der Waals surface area contributed by atoms with Crippen molar-refractivity contribution in [2.45, 2.75) is 26.8 Å². The number of halogens is 1. The van der Waals surface area contributed by atoms with Crippen molar-refractivity contribution in [1.82, 2.24) is 0 Å². The third-order valence-corrected chi connectivity index (χ3v) is 3.17. The summed E-state index contributed by atoms with van der Waals surface area (Å²) in [7, 11) is 3.15. The molecule has 0 bridgehead atoms. The molecule has 0 aliphatic heterocycles.